The van der Waals surface area contributed by atoms with Crippen LogP contribution in [0.3, 0.4) is 0 Å². The number of hydrogen-bond acceptors (Lipinski definition) is 3. The van der Waals surface area contributed by atoms with Crippen molar-refractivity contribution in [1.82, 2.24) is 15.1 Å². The van der Waals surface area contributed by atoms with Gasteiger partial charge in [-0.3, -0.25) is 9.48 Å². The Morgan fingerprint density at radius 1 is 1.48 bits per heavy atom. The number of nitrogens with zero attached hydrogens (tertiary/aromatic N) is 2. The second-order valence-corrected chi connectivity index (χ2v) is 5.73. The Bertz CT molecular complexity index is 612. The number of carbonyl (C=O) groups is 1. The number of rotatable bonds is 6. The third-order valence-electron chi connectivity index (χ3n) is 3.16. The maximum absolute atomic E-state index is 12.1. The van der Waals surface area contributed by atoms with Gasteiger partial charge in [0.1, 0.15) is 5.75 Å². The van der Waals surface area contributed by atoms with Crippen molar-refractivity contribution in [3.8, 4) is 5.75 Å². The number of nitrogens with one attached hydrogen (secondary N) is 1. The number of methoxy groups -OCH3 is 1. The van der Waals surface area contributed by atoms with E-state index >= 15 is 0 Å². The number of hydrogen-bond donors (Lipinski definition) is 1. The smallest absolute Gasteiger partial charge is 0.224 e. The molecule has 0 aliphatic rings. The molecule has 1 amide bonds. The molecule has 1 atom stereocenters. The molecule has 112 valence electrons. The van der Waals surface area contributed by atoms with Crippen LogP contribution in [-0.2, 0) is 17.9 Å². The minimum absolute atomic E-state index is 0.00692. The topological polar surface area (TPSA) is 56.1 Å². The third kappa shape index (κ3) is 4.32. The second kappa shape index (κ2) is 7.26. The zero-order chi connectivity index (χ0) is 15.2. The van der Waals surface area contributed by atoms with Crippen LogP contribution in [0.15, 0.2) is 41.1 Å². The van der Waals surface area contributed by atoms with Gasteiger partial charge in [0.05, 0.1) is 30.2 Å². The highest BCUT2D eigenvalue weighted by atomic mass is 79.9. The number of ether oxygens (including phenoxy) is 1. The Morgan fingerprint density at radius 2 is 2.24 bits per heavy atom. The Labute approximate surface area is 132 Å². The van der Waals surface area contributed by atoms with E-state index in [1.165, 1.54) is 0 Å². The van der Waals surface area contributed by atoms with Crippen LogP contribution in [-0.4, -0.2) is 22.8 Å². The molecule has 0 aliphatic carbocycles. The highest BCUT2D eigenvalue weighted by molar-refractivity contribution is 9.10. The van der Waals surface area contributed by atoms with E-state index in [0.717, 1.165) is 15.8 Å². The molecular weight excluding hydrogens is 334 g/mol. The molecule has 2 rings (SSSR count). The predicted octanol–water partition coefficient (Wildman–Crippen LogP) is 2.61. The normalized spacial score (nSPS) is 12.0. The van der Waals surface area contributed by atoms with E-state index in [-0.39, 0.29) is 11.8 Å². The summed E-state index contributed by atoms with van der Waals surface area (Å²) >= 11 is 3.34. The molecule has 2 aromatic rings. The van der Waals surface area contributed by atoms with Gasteiger partial charge in [0.25, 0.3) is 0 Å². The summed E-state index contributed by atoms with van der Waals surface area (Å²) in [5, 5.41) is 7.08. The molecule has 1 N–H and O–H groups in total. The fourth-order valence-corrected chi connectivity index (χ4v) is 2.34. The first-order chi connectivity index (χ1) is 10.1. The van der Waals surface area contributed by atoms with Crippen LogP contribution in [0, 0.1) is 5.92 Å². The Kier molecular flexibility index (Phi) is 5.38. The van der Waals surface area contributed by atoms with Crippen molar-refractivity contribution in [3.63, 3.8) is 0 Å². The SMILES string of the molecule is COc1ccccc1CNC(=O)[C@@H](C)Cn1cc(Br)cn1. The van der Waals surface area contributed by atoms with Gasteiger partial charge in [-0.05, 0) is 22.0 Å². The van der Waals surface area contributed by atoms with E-state index in [4.69, 9.17) is 4.74 Å². The summed E-state index contributed by atoms with van der Waals surface area (Å²) in [6.07, 6.45) is 3.56. The maximum Gasteiger partial charge on any atom is 0.224 e. The molecule has 5 nitrogen and oxygen atoms in total. The summed E-state index contributed by atoms with van der Waals surface area (Å²) in [5.41, 5.74) is 0.961. The van der Waals surface area contributed by atoms with Gasteiger partial charge in [-0.15, -0.1) is 0 Å². The Balaban J connectivity index is 1.89. The van der Waals surface area contributed by atoms with Gasteiger partial charge in [0.2, 0.25) is 5.91 Å². The lowest BCUT2D eigenvalue weighted by Crippen LogP contribution is -2.31. The van der Waals surface area contributed by atoms with Crippen molar-refractivity contribution in [2.75, 3.05) is 7.11 Å². The van der Waals surface area contributed by atoms with E-state index in [0.29, 0.717) is 13.1 Å². The van der Waals surface area contributed by atoms with Crippen LogP contribution in [0.1, 0.15) is 12.5 Å². The lowest BCUT2D eigenvalue weighted by Gasteiger charge is -2.13. The zero-order valence-corrected chi connectivity index (χ0v) is 13.6. The third-order valence-corrected chi connectivity index (χ3v) is 3.57. The molecule has 0 bridgehead atoms. The van der Waals surface area contributed by atoms with Gasteiger partial charge in [0.15, 0.2) is 0 Å². The number of benzene rings is 1. The quantitative estimate of drug-likeness (QED) is 0.870. The molecule has 0 spiro atoms. The highest BCUT2D eigenvalue weighted by Gasteiger charge is 2.14. The van der Waals surface area contributed by atoms with Crippen molar-refractivity contribution < 1.29 is 9.53 Å². The van der Waals surface area contributed by atoms with Crippen LogP contribution in [0.2, 0.25) is 0 Å². The highest BCUT2D eigenvalue weighted by Crippen LogP contribution is 2.17. The van der Waals surface area contributed by atoms with Crippen molar-refractivity contribution in [2.24, 2.45) is 5.92 Å². The van der Waals surface area contributed by atoms with E-state index in [9.17, 15) is 4.79 Å². The number of para-hydroxylation sites is 1. The zero-order valence-electron chi connectivity index (χ0n) is 12.0. The molecule has 1 aromatic heterocycles. The van der Waals surface area contributed by atoms with Crippen molar-refractivity contribution in [2.45, 2.75) is 20.0 Å². The van der Waals surface area contributed by atoms with Crippen LogP contribution in [0.5, 0.6) is 5.75 Å². The molecule has 0 saturated heterocycles. The average Bonchev–Trinajstić information content (AvgIpc) is 2.90. The fraction of sp³-hybridized carbons (Fsp3) is 0.333. The van der Waals surface area contributed by atoms with Crippen LogP contribution >= 0.6 is 15.9 Å². The fourth-order valence-electron chi connectivity index (χ4n) is 2.01. The minimum Gasteiger partial charge on any atom is -0.496 e. The number of aromatic nitrogens is 2. The number of halogens is 1. The second-order valence-electron chi connectivity index (χ2n) is 4.81. The van der Waals surface area contributed by atoms with Crippen LogP contribution < -0.4 is 10.1 Å². The molecule has 6 heteroatoms. The number of carbonyl (C=O) groups excluding carboxylic acids is 1. The summed E-state index contributed by atoms with van der Waals surface area (Å²) in [5.74, 6) is 0.612. The first-order valence-corrected chi connectivity index (χ1v) is 7.47. The van der Waals surface area contributed by atoms with E-state index in [1.807, 2.05) is 37.4 Å². The van der Waals surface area contributed by atoms with Gasteiger partial charge >= 0.3 is 0 Å². The van der Waals surface area contributed by atoms with Crippen LogP contribution in [0.4, 0.5) is 0 Å². The van der Waals surface area contributed by atoms with Crippen molar-refractivity contribution >= 4 is 21.8 Å². The van der Waals surface area contributed by atoms with Crippen LogP contribution in [0.25, 0.3) is 0 Å². The summed E-state index contributed by atoms with van der Waals surface area (Å²) in [4.78, 5) is 12.1. The van der Waals surface area contributed by atoms with E-state index < -0.39 is 0 Å². The summed E-state index contributed by atoms with van der Waals surface area (Å²) in [7, 11) is 1.62. The first kappa shape index (κ1) is 15.6. The van der Waals surface area contributed by atoms with Gasteiger partial charge in [-0.25, -0.2) is 0 Å². The van der Waals surface area contributed by atoms with Crippen molar-refractivity contribution in [1.29, 1.82) is 0 Å². The van der Waals surface area contributed by atoms with Gasteiger partial charge in [-0.1, -0.05) is 25.1 Å². The molecule has 0 fully saturated rings. The minimum atomic E-state index is -0.161. The van der Waals surface area contributed by atoms with Gasteiger partial charge in [0, 0.05) is 18.3 Å². The molecule has 21 heavy (non-hydrogen) atoms. The molecule has 1 heterocycles. The lowest BCUT2D eigenvalue weighted by molar-refractivity contribution is -0.125. The molecule has 0 saturated carbocycles. The monoisotopic (exact) mass is 351 g/mol. The first-order valence-electron chi connectivity index (χ1n) is 6.67. The molecule has 0 aliphatic heterocycles. The van der Waals surface area contributed by atoms with Gasteiger partial charge in [-0.2, -0.15) is 5.10 Å². The largest absolute Gasteiger partial charge is 0.496 e. The summed E-state index contributed by atoms with van der Waals surface area (Å²) in [6.45, 7) is 2.88. The summed E-state index contributed by atoms with van der Waals surface area (Å²) < 4.78 is 7.92. The van der Waals surface area contributed by atoms with Crippen molar-refractivity contribution in [3.05, 3.63) is 46.7 Å². The van der Waals surface area contributed by atoms with E-state index in [2.05, 4.69) is 26.3 Å². The molecule has 0 unspecified atom stereocenters. The standard InChI is InChI=1S/C15H18BrN3O2/c1-11(9-19-10-13(16)8-18-19)15(20)17-7-12-5-3-4-6-14(12)21-2/h3-6,8,10-11H,7,9H2,1-2H3,(H,17,20)/t11-/m0/s1. The van der Waals surface area contributed by atoms with Gasteiger partial charge < -0.3 is 10.1 Å². The average molecular weight is 352 g/mol. The summed E-state index contributed by atoms with van der Waals surface area (Å²) in [6, 6.07) is 7.65. The Morgan fingerprint density at radius 3 is 2.90 bits per heavy atom. The predicted molar refractivity (Wildman–Crippen MR) is 83.9 cm³/mol. The lowest BCUT2D eigenvalue weighted by atomic mass is 10.1. The maximum atomic E-state index is 12.1. The Hall–Kier alpha value is -1.82. The number of amides is 1. The molecule has 1 aromatic carbocycles. The molecule has 0 radical (unpaired) electrons. The molecular formula is C15H18BrN3O2. The van der Waals surface area contributed by atoms with E-state index in [1.54, 1.807) is 18.0 Å².